The number of rotatable bonds is 10. The Morgan fingerprint density at radius 2 is 1.83 bits per heavy atom. The van der Waals surface area contributed by atoms with E-state index < -0.39 is 24.0 Å². The Bertz CT molecular complexity index is 1060. The number of aromatic amines is 1. The van der Waals surface area contributed by atoms with E-state index in [1.807, 2.05) is 24.3 Å². The summed E-state index contributed by atoms with van der Waals surface area (Å²) in [5, 5.41) is 9.43. The van der Waals surface area contributed by atoms with Gasteiger partial charge in [-0.2, -0.15) is 0 Å². The number of aromatic nitrogens is 1. The summed E-state index contributed by atoms with van der Waals surface area (Å²) in [6.45, 7) is 0.627. The summed E-state index contributed by atoms with van der Waals surface area (Å²) in [7, 11) is 1.28. The third-order valence-electron chi connectivity index (χ3n) is 7.46. The number of ether oxygens (including phenoxy) is 1. The zero-order valence-electron chi connectivity index (χ0n) is 20.8. The van der Waals surface area contributed by atoms with Crippen LogP contribution in [-0.2, 0) is 19.1 Å². The Morgan fingerprint density at radius 1 is 1.06 bits per heavy atom. The van der Waals surface area contributed by atoms with Crippen molar-refractivity contribution in [2.75, 3.05) is 13.7 Å². The van der Waals surface area contributed by atoms with Crippen molar-refractivity contribution in [1.29, 1.82) is 0 Å². The van der Waals surface area contributed by atoms with Crippen LogP contribution in [0.2, 0.25) is 0 Å². The number of para-hydroxylation sites is 1. The van der Waals surface area contributed by atoms with Gasteiger partial charge < -0.3 is 25.7 Å². The first-order valence-electron chi connectivity index (χ1n) is 13.0. The second kappa shape index (κ2) is 12.1. The Morgan fingerprint density at radius 3 is 2.53 bits per heavy atom. The fraction of sp³-hybridized carbons (Fsp3) is 0.556. The second-order valence-corrected chi connectivity index (χ2v) is 9.97. The Hall–Kier alpha value is -3.36. The normalized spacial score (nSPS) is 19.9. The summed E-state index contributed by atoms with van der Waals surface area (Å²) in [5.41, 5.74) is 1.23. The van der Waals surface area contributed by atoms with Gasteiger partial charge in [0.2, 0.25) is 11.8 Å². The number of esters is 1. The van der Waals surface area contributed by atoms with Crippen molar-refractivity contribution in [2.45, 2.75) is 69.9 Å². The van der Waals surface area contributed by atoms with Crippen LogP contribution in [0.5, 0.6) is 0 Å². The van der Waals surface area contributed by atoms with Crippen molar-refractivity contribution in [3.05, 3.63) is 36.0 Å². The van der Waals surface area contributed by atoms with Crippen LogP contribution in [0.15, 0.2) is 30.3 Å². The maximum absolute atomic E-state index is 13.4. The number of carbonyl (C=O) groups is 4. The third kappa shape index (κ3) is 6.44. The summed E-state index contributed by atoms with van der Waals surface area (Å²) in [5.74, 6) is -1.19. The lowest BCUT2D eigenvalue weighted by atomic mass is 9.84. The highest BCUT2D eigenvalue weighted by molar-refractivity contribution is 6.00. The smallest absolute Gasteiger partial charge is 0.328 e. The third-order valence-corrected chi connectivity index (χ3v) is 7.46. The van der Waals surface area contributed by atoms with Crippen LogP contribution in [0.1, 0.15) is 68.3 Å². The van der Waals surface area contributed by atoms with Crippen molar-refractivity contribution in [3.8, 4) is 0 Å². The zero-order valence-corrected chi connectivity index (χ0v) is 20.8. The number of methoxy groups -OCH3 is 1. The van der Waals surface area contributed by atoms with Gasteiger partial charge in [-0.25, -0.2) is 4.79 Å². The van der Waals surface area contributed by atoms with Crippen LogP contribution in [0.25, 0.3) is 10.9 Å². The van der Waals surface area contributed by atoms with E-state index in [1.54, 1.807) is 6.07 Å². The van der Waals surface area contributed by atoms with E-state index in [-0.39, 0.29) is 17.7 Å². The molecule has 2 aromatic rings. The number of nitrogens with one attached hydrogen (secondary N) is 4. The molecule has 194 valence electrons. The highest BCUT2D eigenvalue weighted by Crippen LogP contribution is 2.28. The lowest BCUT2D eigenvalue weighted by molar-refractivity contribution is -0.145. The molecule has 0 bridgehead atoms. The highest BCUT2D eigenvalue weighted by atomic mass is 16.5. The van der Waals surface area contributed by atoms with Gasteiger partial charge in [-0.3, -0.25) is 14.4 Å². The van der Waals surface area contributed by atoms with Gasteiger partial charge in [0.15, 0.2) is 0 Å². The molecular formula is C27H36N4O5. The van der Waals surface area contributed by atoms with Gasteiger partial charge in [0.1, 0.15) is 17.8 Å². The van der Waals surface area contributed by atoms with Crippen LogP contribution < -0.4 is 16.0 Å². The first-order chi connectivity index (χ1) is 17.4. The molecule has 1 saturated carbocycles. The Balaban J connectivity index is 1.46. The van der Waals surface area contributed by atoms with Crippen LogP contribution >= 0.6 is 0 Å². The van der Waals surface area contributed by atoms with Gasteiger partial charge in [-0.15, -0.1) is 0 Å². The van der Waals surface area contributed by atoms with Crippen LogP contribution in [0.4, 0.5) is 0 Å². The first-order valence-corrected chi connectivity index (χ1v) is 13.0. The lowest BCUT2D eigenvalue weighted by Crippen LogP contribution is -2.52. The molecule has 1 aliphatic carbocycles. The fourth-order valence-electron chi connectivity index (χ4n) is 5.37. The molecule has 0 spiro atoms. The summed E-state index contributed by atoms with van der Waals surface area (Å²) < 4.78 is 4.92. The van der Waals surface area contributed by atoms with E-state index in [9.17, 15) is 19.2 Å². The SMILES string of the molecule is COC(=O)[C@H](CC[C@@H]1CCNC1=O)NC(=O)[C@H](CC1CCCCC1)NC(=O)c1cc2ccccc2[nH]1. The molecule has 9 nitrogen and oxygen atoms in total. The summed E-state index contributed by atoms with van der Waals surface area (Å²) in [4.78, 5) is 54.1. The Labute approximate surface area is 211 Å². The second-order valence-electron chi connectivity index (χ2n) is 9.97. The molecule has 1 aromatic carbocycles. The minimum atomic E-state index is -0.880. The van der Waals surface area contributed by atoms with Gasteiger partial charge in [-0.1, -0.05) is 50.3 Å². The number of benzene rings is 1. The van der Waals surface area contributed by atoms with Gasteiger partial charge in [-0.05, 0) is 43.7 Å². The molecule has 9 heteroatoms. The number of amides is 3. The van der Waals surface area contributed by atoms with E-state index in [1.165, 1.54) is 13.5 Å². The highest BCUT2D eigenvalue weighted by Gasteiger charge is 2.32. The lowest BCUT2D eigenvalue weighted by Gasteiger charge is -2.28. The van der Waals surface area contributed by atoms with Crippen molar-refractivity contribution in [1.82, 2.24) is 20.9 Å². The fourth-order valence-corrected chi connectivity index (χ4v) is 5.37. The van der Waals surface area contributed by atoms with Gasteiger partial charge in [0.05, 0.1) is 7.11 Å². The maximum Gasteiger partial charge on any atom is 0.328 e. The molecule has 0 radical (unpaired) electrons. The van der Waals surface area contributed by atoms with Gasteiger partial charge >= 0.3 is 5.97 Å². The molecule has 1 saturated heterocycles. The molecule has 2 heterocycles. The topological polar surface area (TPSA) is 129 Å². The molecule has 4 rings (SSSR count). The van der Waals surface area contributed by atoms with E-state index in [0.717, 1.165) is 36.6 Å². The molecule has 0 unspecified atom stereocenters. The summed E-state index contributed by atoms with van der Waals surface area (Å²) in [6.07, 6.45) is 7.44. The molecular weight excluding hydrogens is 460 g/mol. The van der Waals surface area contributed by atoms with E-state index >= 15 is 0 Å². The zero-order chi connectivity index (χ0) is 25.5. The Kier molecular flexibility index (Phi) is 8.61. The van der Waals surface area contributed by atoms with E-state index in [2.05, 4.69) is 20.9 Å². The first kappa shape index (κ1) is 25.7. The predicted octanol–water partition coefficient (Wildman–Crippen LogP) is 2.81. The predicted molar refractivity (Wildman–Crippen MR) is 135 cm³/mol. The molecule has 3 amide bonds. The molecule has 2 fully saturated rings. The monoisotopic (exact) mass is 496 g/mol. The number of carbonyl (C=O) groups excluding carboxylic acids is 4. The van der Waals surface area contributed by atoms with Crippen molar-refractivity contribution >= 4 is 34.6 Å². The number of hydrogen-bond donors (Lipinski definition) is 4. The number of H-pyrrole nitrogens is 1. The van der Waals surface area contributed by atoms with Crippen LogP contribution in [0, 0.1) is 11.8 Å². The minimum absolute atomic E-state index is 0.0225. The standard InChI is InChI=1S/C27H36N4O5/c1-36-27(35)21(12-11-18-13-14-28-24(18)32)30-25(33)22(15-17-7-3-2-4-8-17)31-26(34)23-16-19-9-5-6-10-20(19)29-23/h5-6,9-10,16-18,21-22,29H,2-4,7-8,11-15H2,1H3,(H,28,32)(H,30,33)(H,31,34)/t18-,21+,22+/m1/s1. The molecule has 4 N–H and O–H groups in total. The van der Waals surface area contributed by atoms with Crippen LogP contribution in [-0.4, -0.2) is 54.4 Å². The van der Waals surface area contributed by atoms with Gasteiger partial charge in [0.25, 0.3) is 5.91 Å². The molecule has 1 aliphatic heterocycles. The molecule has 2 aliphatic rings. The largest absolute Gasteiger partial charge is 0.467 e. The maximum atomic E-state index is 13.4. The molecule has 36 heavy (non-hydrogen) atoms. The van der Waals surface area contributed by atoms with Crippen molar-refractivity contribution in [3.63, 3.8) is 0 Å². The quantitative estimate of drug-likeness (QED) is 0.376. The average molecular weight is 497 g/mol. The average Bonchev–Trinajstić information content (AvgIpc) is 3.52. The summed E-state index contributed by atoms with van der Waals surface area (Å²) in [6, 6.07) is 7.71. The van der Waals surface area contributed by atoms with Crippen molar-refractivity contribution in [2.24, 2.45) is 11.8 Å². The van der Waals surface area contributed by atoms with Crippen LogP contribution in [0.3, 0.4) is 0 Å². The molecule has 3 atom stereocenters. The summed E-state index contributed by atoms with van der Waals surface area (Å²) >= 11 is 0. The van der Waals surface area contributed by atoms with Gasteiger partial charge in [0, 0.05) is 23.4 Å². The number of hydrogen-bond acceptors (Lipinski definition) is 5. The number of fused-ring (bicyclic) bond motifs is 1. The van der Waals surface area contributed by atoms with E-state index in [4.69, 9.17) is 4.74 Å². The van der Waals surface area contributed by atoms with Crippen molar-refractivity contribution < 1.29 is 23.9 Å². The van der Waals surface area contributed by atoms with E-state index in [0.29, 0.717) is 43.8 Å². The molecule has 1 aromatic heterocycles. The minimum Gasteiger partial charge on any atom is -0.467 e.